The van der Waals surface area contributed by atoms with Gasteiger partial charge in [0.05, 0.1) is 14.2 Å². The van der Waals surface area contributed by atoms with Crippen LogP contribution in [0.5, 0.6) is 11.5 Å². The number of hydrogen-bond acceptors (Lipinski definition) is 7. The lowest BCUT2D eigenvalue weighted by Crippen LogP contribution is -2.38. The van der Waals surface area contributed by atoms with Crippen molar-refractivity contribution >= 4 is 17.7 Å². The number of carbonyl (C=O) groups excluding carboxylic acids is 2. The molecule has 0 bridgehead atoms. The summed E-state index contributed by atoms with van der Waals surface area (Å²) < 4.78 is 17.2. The van der Waals surface area contributed by atoms with E-state index in [-0.39, 0.29) is 17.1 Å². The fraction of sp³-hybridized carbons (Fsp3) is 0.294. The predicted molar refractivity (Wildman–Crippen MR) is 95.4 cm³/mol. The maximum Gasteiger partial charge on any atom is 0.342 e. The highest BCUT2D eigenvalue weighted by Gasteiger charge is 2.19. The third-order valence-corrected chi connectivity index (χ3v) is 3.75. The molecule has 0 aliphatic rings. The zero-order valence-corrected chi connectivity index (χ0v) is 15.3. The summed E-state index contributed by atoms with van der Waals surface area (Å²) in [6.45, 7) is -0.622. The molecule has 144 valence electrons. The first-order valence-corrected chi connectivity index (χ1v) is 7.75. The van der Waals surface area contributed by atoms with Crippen LogP contribution in [-0.2, 0) is 23.6 Å². The van der Waals surface area contributed by atoms with Crippen molar-refractivity contribution in [2.24, 2.45) is 14.1 Å². The second-order valence-corrected chi connectivity index (χ2v) is 5.43. The van der Waals surface area contributed by atoms with Gasteiger partial charge in [-0.25, -0.2) is 9.59 Å². The van der Waals surface area contributed by atoms with Crippen molar-refractivity contribution < 1.29 is 23.8 Å². The van der Waals surface area contributed by atoms with E-state index in [0.717, 1.165) is 15.2 Å². The van der Waals surface area contributed by atoms with Gasteiger partial charge in [-0.15, -0.1) is 0 Å². The van der Waals surface area contributed by atoms with Crippen molar-refractivity contribution in [1.29, 1.82) is 0 Å². The van der Waals surface area contributed by atoms with E-state index in [1.54, 1.807) is 12.1 Å². The molecule has 0 radical (unpaired) electrons. The smallest absolute Gasteiger partial charge is 0.342 e. The number of esters is 1. The van der Waals surface area contributed by atoms with Gasteiger partial charge in [-0.2, -0.15) is 0 Å². The Bertz CT molecular complexity index is 991. The molecule has 0 aliphatic heterocycles. The fourth-order valence-electron chi connectivity index (χ4n) is 2.29. The highest BCUT2D eigenvalue weighted by atomic mass is 16.5. The van der Waals surface area contributed by atoms with E-state index >= 15 is 0 Å². The van der Waals surface area contributed by atoms with Crippen LogP contribution in [0.4, 0.5) is 5.82 Å². The Morgan fingerprint density at radius 2 is 1.78 bits per heavy atom. The van der Waals surface area contributed by atoms with Gasteiger partial charge in [0.15, 0.2) is 18.1 Å². The molecule has 10 nitrogen and oxygen atoms in total. The lowest BCUT2D eigenvalue weighted by atomic mass is 10.2. The van der Waals surface area contributed by atoms with Crippen LogP contribution in [0.2, 0.25) is 0 Å². The number of ether oxygens (including phenoxy) is 3. The molecule has 1 aromatic carbocycles. The molecule has 1 N–H and O–H groups in total. The summed E-state index contributed by atoms with van der Waals surface area (Å²) in [5, 5.41) is 2.35. The van der Waals surface area contributed by atoms with E-state index in [9.17, 15) is 19.2 Å². The number of methoxy groups -OCH3 is 2. The van der Waals surface area contributed by atoms with Gasteiger partial charge >= 0.3 is 11.7 Å². The quantitative estimate of drug-likeness (QED) is 0.698. The van der Waals surface area contributed by atoms with Crippen LogP contribution in [0.15, 0.2) is 33.9 Å². The highest BCUT2D eigenvalue weighted by Crippen LogP contribution is 2.31. The number of carbonyl (C=O) groups is 2. The van der Waals surface area contributed by atoms with Crippen LogP contribution in [0.25, 0.3) is 0 Å². The van der Waals surface area contributed by atoms with Crippen molar-refractivity contribution in [2.45, 2.75) is 0 Å². The largest absolute Gasteiger partial charge is 0.493 e. The number of nitrogens with one attached hydrogen (secondary N) is 1. The number of hydrogen-bond donors (Lipinski definition) is 1. The summed E-state index contributed by atoms with van der Waals surface area (Å²) in [6.07, 6.45) is 0. The van der Waals surface area contributed by atoms with Gasteiger partial charge in [0.2, 0.25) is 0 Å². The van der Waals surface area contributed by atoms with Crippen LogP contribution in [-0.4, -0.2) is 41.8 Å². The first-order chi connectivity index (χ1) is 12.8. The Morgan fingerprint density at radius 1 is 1.07 bits per heavy atom. The number of aromatic nitrogens is 2. The first kappa shape index (κ1) is 19.8. The number of rotatable bonds is 6. The van der Waals surface area contributed by atoms with Gasteiger partial charge < -0.3 is 19.5 Å². The summed E-state index contributed by atoms with van der Waals surface area (Å²) in [6, 6.07) is 5.74. The van der Waals surface area contributed by atoms with Crippen molar-refractivity contribution in [3.05, 3.63) is 50.7 Å². The molecule has 2 aromatic rings. The number of amides is 1. The number of para-hydroxylation sites is 1. The lowest BCUT2D eigenvalue weighted by Gasteiger charge is -2.13. The van der Waals surface area contributed by atoms with Gasteiger partial charge in [0, 0.05) is 20.2 Å². The monoisotopic (exact) mass is 377 g/mol. The molecule has 10 heteroatoms. The van der Waals surface area contributed by atoms with E-state index in [1.807, 2.05) is 0 Å². The fourth-order valence-corrected chi connectivity index (χ4v) is 2.29. The maximum absolute atomic E-state index is 12.2. The van der Waals surface area contributed by atoms with Crippen molar-refractivity contribution in [2.75, 3.05) is 26.1 Å². The topological polar surface area (TPSA) is 118 Å². The molecule has 27 heavy (non-hydrogen) atoms. The van der Waals surface area contributed by atoms with Gasteiger partial charge in [-0.05, 0) is 12.1 Å². The standard InChI is InChI=1S/C17H19N3O7/c1-19-12(8-14(22)20(2)17(19)24)18-13(21)9-27-16(23)10-6-5-7-11(25-3)15(10)26-4/h5-8H,9H2,1-4H3,(H,18,21). The molecular formula is C17H19N3O7. The van der Waals surface area contributed by atoms with E-state index in [2.05, 4.69) is 5.32 Å². The summed E-state index contributed by atoms with van der Waals surface area (Å²) in [4.78, 5) is 47.7. The van der Waals surface area contributed by atoms with E-state index in [0.29, 0.717) is 5.75 Å². The van der Waals surface area contributed by atoms with Gasteiger partial charge in [-0.1, -0.05) is 6.07 Å². The average Bonchev–Trinajstić information content (AvgIpc) is 2.67. The van der Waals surface area contributed by atoms with Crippen LogP contribution in [0, 0.1) is 0 Å². The van der Waals surface area contributed by atoms with Crippen molar-refractivity contribution in [3.8, 4) is 11.5 Å². The molecule has 0 saturated carbocycles. The predicted octanol–water partition coefficient (Wildman–Crippen LogP) is -0.103. The van der Waals surface area contributed by atoms with Crippen molar-refractivity contribution in [3.63, 3.8) is 0 Å². The lowest BCUT2D eigenvalue weighted by molar-refractivity contribution is -0.119. The second-order valence-electron chi connectivity index (χ2n) is 5.43. The minimum Gasteiger partial charge on any atom is -0.493 e. The summed E-state index contributed by atoms with van der Waals surface area (Å²) >= 11 is 0. The average molecular weight is 377 g/mol. The van der Waals surface area contributed by atoms with Crippen molar-refractivity contribution in [1.82, 2.24) is 9.13 Å². The molecule has 0 aliphatic carbocycles. The van der Waals surface area contributed by atoms with Gasteiger partial charge in [-0.3, -0.25) is 18.7 Å². The van der Waals surface area contributed by atoms with Gasteiger partial charge in [0.25, 0.3) is 11.5 Å². The Kier molecular flexibility index (Phi) is 6.01. The third kappa shape index (κ3) is 4.17. The molecule has 0 fully saturated rings. The third-order valence-electron chi connectivity index (χ3n) is 3.75. The first-order valence-electron chi connectivity index (χ1n) is 7.75. The summed E-state index contributed by atoms with van der Waals surface area (Å²) in [5.74, 6) is -0.999. The Morgan fingerprint density at radius 3 is 2.41 bits per heavy atom. The second kappa shape index (κ2) is 8.21. The van der Waals surface area contributed by atoms with E-state index < -0.39 is 29.7 Å². The molecule has 1 amide bonds. The minimum absolute atomic E-state index is 0.0110. The molecule has 0 atom stereocenters. The Balaban J connectivity index is 2.10. The Labute approximate surface area is 153 Å². The van der Waals surface area contributed by atoms with Crippen LogP contribution < -0.4 is 26.0 Å². The molecule has 0 spiro atoms. The van der Waals surface area contributed by atoms with Crippen LogP contribution >= 0.6 is 0 Å². The number of benzene rings is 1. The normalized spacial score (nSPS) is 10.2. The highest BCUT2D eigenvalue weighted by molar-refractivity contribution is 5.97. The molecular weight excluding hydrogens is 358 g/mol. The minimum atomic E-state index is -0.793. The molecule has 1 heterocycles. The van der Waals surface area contributed by atoms with E-state index in [4.69, 9.17) is 14.2 Å². The molecule has 0 unspecified atom stereocenters. The molecule has 1 aromatic heterocycles. The number of nitrogens with zero attached hydrogens (tertiary/aromatic N) is 2. The maximum atomic E-state index is 12.2. The SMILES string of the molecule is COc1cccc(C(=O)OCC(=O)Nc2cc(=O)n(C)c(=O)n2C)c1OC. The zero-order valence-electron chi connectivity index (χ0n) is 15.3. The molecule has 2 rings (SSSR count). The number of anilines is 1. The summed E-state index contributed by atoms with van der Waals surface area (Å²) in [7, 11) is 5.51. The Hall–Kier alpha value is -3.56. The summed E-state index contributed by atoms with van der Waals surface area (Å²) in [5.41, 5.74) is -1.09. The zero-order chi connectivity index (χ0) is 20.1. The van der Waals surface area contributed by atoms with E-state index in [1.165, 1.54) is 34.4 Å². The van der Waals surface area contributed by atoms with Crippen LogP contribution in [0.3, 0.4) is 0 Å². The van der Waals surface area contributed by atoms with Gasteiger partial charge in [0.1, 0.15) is 11.4 Å². The molecule has 0 saturated heterocycles. The van der Waals surface area contributed by atoms with Crippen LogP contribution in [0.1, 0.15) is 10.4 Å².